The molecule has 1 saturated heterocycles. The van der Waals surface area contributed by atoms with Crippen LogP contribution in [0.25, 0.3) is 0 Å². The van der Waals surface area contributed by atoms with Crippen molar-refractivity contribution in [2.24, 2.45) is 11.8 Å². The smallest absolute Gasteiger partial charge is 0.0208 e. The monoisotopic (exact) mass is 230 g/mol. The minimum absolute atomic E-state index is 0.741. The van der Waals surface area contributed by atoms with Crippen LogP contribution >= 0.6 is 0 Å². The van der Waals surface area contributed by atoms with Gasteiger partial charge >= 0.3 is 0 Å². The molecule has 0 radical (unpaired) electrons. The van der Waals surface area contributed by atoms with E-state index in [2.05, 4.69) is 41.0 Å². The topological polar surface area (TPSA) is 24.1 Å². The Morgan fingerprint density at radius 2 is 1.94 bits per heavy atom. The van der Waals surface area contributed by atoms with Gasteiger partial charge in [-0.3, -0.25) is 0 Å². The van der Waals surface area contributed by atoms with Crippen LogP contribution in [0.2, 0.25) is 0 Å². The van der Waals surface area contributed by atoms with Crippen LogP contribution in [0.5, 0.6) is 0 Å². The first-order chi connectivity index (χ1) is 8.42. The molecule has 1 aromatic carbocycles. The number of benzene rings is 1. The summed E-state index contributed by atoms with van der Waals surface area (Å²) in [5.41, 5.74) is 1.40. The molecule has 1 saturated carbocycles. The lowest BCUT2D eigenvalue weighted by Gasteiger charge is -2.25. The molecule has 2 heteroatoms. The Morgan fingerprint density at radius 1 is 1.12 bits per heavy atom. The van der Waals surface area contributed by atoms with Crippen LogP contribution in [-0.4, -0.2) is 19.1 Å². The molecule has 0 bridgehead atoms. The lowest BCUT2D eigenvalue weighted by Crippen LogP contribution is -2.33. The van der Waals surface area contributed by atoms with Crippen molar-refractivity contribution in [1.29, 1.82) is 0 Å². The van der Waals surface area contributed by atoms with Crippen LogP contribution < -0.4 is 10.6 Å². The second-order valence-electron chi connectivity index (χ2n) is 5.55. The average Bonchev–Trinajstić information content (AvgIpc) is 2.80. The van der Waals surface area contributed by atoms with Gasteiger partial charge in [0, 0.05) is 12.6 Å². The number of hydrogen-bond acceptors (Lipinski definition) is 2. The summed E-state index contributed by atoms with van der Waals surface area (Å²) in [5.74, 6) is 1.90. The number of piperidine rings is 1. The van der Waals surface area contributed by atoms with E-state index in [0.717, 1.165) is 24.4 Å². The minimum atomic E-state index is 0.741. The summed E-state index contributed by atoms with van der Waals surface area (Å²) >= 11 is 0. The summed E-state index contributed by atoms with van der Waals surface area (Å²) in [6.45, 7) is 3.50. The van der Waals surface area contributed by atoms with E-state index in [0.29, 0.717) is 0 Å². The van der Waals surface area contributed by atoms with E-state index in [4.69, 9.17) is 0 Å². The second-order valence-corrected chi connectivity index (χ2v) is 5.55. The van der Waals surface area contributed by atoms with Gasteiger partial charge in [-0.05, 0) is 49.8 Å². The molecule has 2 N–H and O–H groups in total. The summed E-state index contributed by atoms with van der Waals surface area (Å²) in [4.78, 5) is 0. The Balaban J connectivity index is 1.50. The van der Waals surface area contributed by atoms with Crippen molar-refractivity contribution in [2.75, 3.05) is 13.1 Å². The van der Waals surface area contributed by atoms with E-state index in [1.165, 1.54) is 37.9 Å². The standard InChI is InChI=1S/C15H22N2/c1-2-4-12(5-3-1)10-17-15-8-13-6-7-16-11-14(13)9-15/h1-5,13-17H,6-11H2. The van der Waals surface area contributed by atoms with Crippen LogP contribution in [0.15, 0.2) is 30.3 Å². The number of hydrogen-bond donors (Lipinski definition) is 2. The Hall–Kier alpha value is -0.860. The van der Waals surface area contributed by atoms with Crippen molar-refractivity contribution in [3.05, 3.63) is 35.9 Å². The third-order valence-electron chi connectivity index (χ3n) is 4.38. The van der Waals surface area contributed by atoms with Crippen molar-refractivity contribution in [1.82, 2.24) is 10.6 Å². The Bertz CT molecular complexity index is 335. The number of nitrogens with one attached hydrogen (secondary N) is 2. The molecule has 1 aliphatic carbocycles. The number of rotatable bonds is 3. The maximum absolute atomic E-state index is 3.73. The summed E-state index contributed by atoms with van der Waals surface area (Å²) < 4.78 is 0. The van der Waals surface area contributed by atoms with Crippen LogP contribution in [0.4, 0.5) is 0 Å². The molecule has 17 heavy (non-hydrogen) atoms. The molecule has 2 nitrogen and oxygen atoms in total. The molecule has 1 aliphatic heterocycles. The molecule has 1 heterocycles. The first-order valence-electron chi connectivity index (χ1n) is 6.90. The van der Waals surface area contributed by atoms with Crippen molar-refractivity contribution < 1.29 is 0 Å². The summed E-state index contributed by atoms with van der Waals surface area (Å²) in [5, 5.41) is 7.25. The molecule has 3 unspecified atom stereocenters. The van der Waals surface area contributed by atoms with Crippen LogP contribution in [0.1, 0.15) is 24.8 Å². The zero-order chi connectivity index (χ0) is 11.5. The molecule has 0 spiro atoms. The highest BCUT2D eigenvalue weighted by Gasteiger charge is 2.35. The van der Waals surface area contributed by atoms with Crippen molar-refractivity contribution in [3.63, 3.8) is 0 Å². The van der Waals surface area contributed by atoms with E-state index < -0.39 is 0 Å². The quantitative estimate of drug-likeness (QED) is 0.831. The predicted octanol–water partition coefficient (Wildman–Crippen LogP) is 2.16. The van der Waals surface area contributed by atoms with Gasteiger partial charge in [-0.25, -0.2) is 0 Å². The molecule has 92 valence electrons. The fraction of sp³-hybridized carbons (Fsp3) is 0.600. The summed E-state index contributed by atoms with van der Waals surface area (Å²) in [6.07, 6.45) is 4.14. The largest absolute Gasteiger partial charge is 0.316 e. The van der Waals surface area contributed by atoms with Crippen molar-refractivity contribution in [3.8, 4) is 0 Å². The van der Waals surface area contributed by atoms with Gasteiger partial charge < -0.3 is 10.6 Å². The third-order valence-corrected chi connectivity index (χ3v) is 4.38. The first kappa shape index (κ1) is 11.2. The Labute approximate surface area is 104 Å². The normalized spacial score (nSPS) is 32.4. The lowest BCUT2D eigenvalue weighted by atomic mass is 9.90. The van der Waals surface area contributed by atoms with Crippen molar-refractivity contribution in [2.45, 2.75) is 31.8 Å². The zero-order valence-electron chi connectivity index (χ0n) is 10.4. The van der Waals surface area contributed by atoms with Crippen LogP contribution in [0, 0.1) is 11.8 Å². The van der Waals surface area contributed by atoms with Gasteiger partial charge in [-0.15, -0.1) is 0 Å². The zero-order valence-corrected chi connectivity index (χ0v) is 10.4. The Kier molecular flexibility index (Phi) is 3.44. The van der Waals surface area contributed by atoms with Crippen molar-refractivity contribution >= 4 is 0 Å². The first-order valence-corrected chi connectivity index (χ1v) is 6.90. The highest BCUT2D eigenvalue weighted by atomic mass is 14.9. The van der Waals surface area contributed by atoms with E-state index in [-0.39, 0.29) is 0 Å². The molecular formula is C15H22N2. The molecule has 2 aliphatic rings. The fourth-order valence-corrected chi connectivity index (χ4v) is 3.42. The van der Waals surface area contributed by atoms with E-state index >= 15 is 0 Å². The molecule has 1 aromatic rings. The maximum Gasteiger partial charge on any atom is 0.0208 e. The van der Waals surface area contributed by atoms with Gasteiger partial charge in [-0.1, -0.05) is 30.3 Å². The maximum atomic E-state index is 3.73. The van der Waals surface area contributed by atoms with E-state index in [9.17, 15) is 0 Å². The molecule has 0 amide bonds. The van der Waals surface area contributed by atoms with E-state index in [1.54, 1.807) is 0 Å². The molecule has 3 atom stereocenters. The molecule has 0 aromatic heterocycles. The minimum Gasteiger partial charge on any atom is -0.316 e. The van der Waals surface area contributed by atoms with Gasteiger partial charge in [0.05, 0.1) is 0 Å². The predicted molar refractivity (Wildman–Crippen MR) is 70.8 cm³/mol. The Morgan fingerprint density at radius 3 is 2.76 bits per heavy atom. The summed E-state index contributed by atoms with van der Waals surface area (Å²) in [6, 6.07) is 11.5. The highest BCUT2D eigenvalue weighted by molar-refractivity contribution is 5.14. The number of fused-ring (bicyclic) bond motifs is 1. The van der Waals surface area contributed by atoms with Gasteiger partial charge in [-0.2, -0.15) is 0 Å². The second kappa shape index (κ2) is 5.19. The van der Waals surface area contributed by atoms with E-state index in [1.807, 2.05) is 0 Å². The van der Waals surface area contributed by atoms with Gasteiger partial charge in [0.1, 0.15) is 0 Å². The fourth-order valence-electron chi connectivity index (χ4n) is 3.42. The van der Waals surface area contributed by atoms with Gasteiger partial charge in [0.15, 0.2) is 0 Å². The van der Waals surface area contributed by atoms with Gasteiger partial charge in [0.25, 0.3) is 0 Å². The SMILES string of the molecule is c1ccc(CNC2CC3CCNCC3C2)cc1. The van der Waals surface area contributed by atoms with Crippen LogP contribution in [-0.2, 0) is 6.54 Å². The lowest BCUT2D eigenvalue weighted by molar-refractivity contribution is 0.295. The molecule has 3 rings (SSSR count). The molecule has 2 fully saturated rings. The van der Waals surface area contributed by atoms with Gasteiger partial charge in [0.2, 0.25) is 0 Å². The highest BCUT2D eigenvalue weighted by Crippen LogP contribution is 2.35. The molecular weight excluding hydrogens is 208 g/mol. The third kappa shape index (κ3) is 2.70. The van der Waals surface area contributed by atoms with Crippen LogP contribution in [0.3, 0.4) is 0 Å². The summed E-state index contributed by atoms with van der Waals surface area (Å²) in [7, 11) is 0. The average molecular weight is 230 g/mol.